The maximum Gasteiger partial charge on any atom is 0.319 e. The molecule has 0 aromatic heterocycles. The third kappa shape index (κ3) is 5.43. The SMILES string of the molecule is CCC(NC(=O)CNC(=O)Nc1ccccc1)c1ccc(C)cc1. The number of para-hydroxylation sites is 1. The second-order valence-corrected chi connectivity index (χ2v) is 5.61. The fourth-order valence-corrected chi connectivity index (χ4v) is 2.32. The molecule has 24 heavy (non-hydrogen) atoms. The molecule has 0 aliphatic heterocycles. The van der Waals surface area contributed by atoms with Gasteiger partial charge in [-0.15, -0.1) is 0 Å². The molecule has 126 valence electrons. The zero-order chi connectivity index (χ0) is 17.4. The molecule has 1 unspecified atom stereocenters. The molecule has 2 aromatic rings. The molecule has 0 saturated carbocycles. The van der Waals surface area contributed by atoms with Crippen molar-refractivity contribution in [3.63, 3.8) is 0 Å². The fraction of sp³-hybridized carbons (Fsp3) is 0.263. The number of rotatable bonds is 6. The molecule has 0 aliphatic carbocycles. The number of amides is 3. The molecular weight excluding hydrogens is 302 g/mol. The van der Waals surface area contributed by atoms with Crippen LogP contribution < -0.4 is 16.0 Å². The van der Waals surface area contributed by atoms with E-state index in [4.69, 9.17) is 0 Å². The zero-order valence-corrected chi connectivity index (χ0v) is 14.0. The number of carbonyl (C=O) groups is 2. The lowest BCUT2D eigenvalue weighted by atomic mass is 10.0. The lowest BCUT2D eigenvalue weighted by Crippen LogP contribution is -2.40. The summed E-state index contributed by atoms with van der Waals surface area (Å²) < 4.78 is 0. The van der Waals surface area contributed by atoms with Crippen molar-refractivity contribution in [1.82, 2.24) is 10.6 Å². The molecule has 0 spiro atoms. The highest BCUT2D eigenvalue weighted by Gasteiger charge is 2.13. The highest BCUT2D eigenvalue weighted by Crippen LogP contribution is 2.16. The third-order valence-electron chi connectivity index (χ3n) is 3.66. The minimum absolute atomic E-state index is 0.0583. The summed E-state index contributed by atoms with van der Waals surface area (Å²) in [6.07, 6.45) is 0.783. The number of benzene rings is 2. The standard InChI is InChI=1S/C19H23N3O2/c1-3-17(15-11-9-14(2)10-12-15)22-18(23)13-20-19(24)21-16-7-5-4-6-8-16/h4-12,17H,3,13H2,1-2H3,(H,22,23)(H2,20,21,24). The first-order valence-corrected chi connectivity index (χ1v) is 8.04. The van der Waals surface area contributed by atoms with E-state index >= 15 is 0 Å². The Morgan fingerprint density at radius 3 is 2.29 bits per heavy atom. The number of hydrogen-bond acceptors (Lipinski definition) is 2. The molecule has 1 atom stereocenters. The molecule has 0 fully saturated rings. The summed E-state index contributed by atoms with van der Waals surface area (Å²) in [5, 5.41) is 8.17. The first-order valence-electron chi connectivity index (χ1n) is 8.04. The minimum Gasteiger partial charge on any atom is -0.348 e. The van der Waals surface area contributed by atoms with Gasteiger partial charge in [-0.25, -0.2) is 4.79 Å². The topological polar surface area (TPSA) is 70.2 Å². The van der Waals surface area contributed by atoms with Crippen LogP contribution in [-0.4, -0.2) is 18.5 Å². The Labute approximate surface area is 142 Å². The first-order chi connectivity index (χ1) is 11.6. The van der Waals surface area contributed by atoms with Crippen LogP contribution in [0.15, 0.2) is 54.6 Å². The van der Waals surface area contributed by atoms with E-state index in [0.29, 0.717) is 5.69 Å². The third-order valence-corrected chi connectivity index (χ3v) is 3.66. The van der Waals surface area contributed by atoms with Gasteiger partial charge in [0.25, 0.3) is 0 Å². The number of anilines is 1. The van der Waals surface area contributed by atoms with E-state index in [-0.39, 0.29) is 18.5 Å². The molecule has 0 aliphatic rings. The maximum absolute atomic E-state index is 12.1. The number of aryl methyl sites for hydroxylation is 1. The molecule has 3 amide bonds. The van der Waals surface area contributed by atoms with Gasteiger partial charge in [-0.1, -0.05) is 55.0 Å². The van der Waals surface area contributed by atoms with Crippen molar-refractivity contribution in [3.8, 4) is 0 Å². The first kappa shape index (κ1) is 17.5. The van der Waals surface area contributed by atoms with Crippen LogP contribution in [0.2, 0.25) is 0 Å². The summed E-state index contributed by atoms with van der Waals surface area (Å²) in [6, 6.07) is 16.7. The van der Waals surface area contributed by atoms with E-state index < -0.39 is 6.03 Å². The van der Waals surface area contributed by atoms with E-state index in [2.05, 4.69) is 16.0 Å². The van der Waals surface area contributed by atoms with Gasteiger partial charge in [0, 0.05) is 5.69 Å². The molecule has 0 heterocycles. The molecule has 5 heteroatoms. The quantitative estimate of drug-likeness (QED) is 0.762. The van der Waals surface area contributed by atoms with E-state index in [1.165, 1.54) is 5.56 Å². The van der Waals surface area contributed by atoms with Crippen molar-refractivity contribution in [2.45, 2.75) is 26.3 Å². The molecule has 2 rings (SSSR count). The van der Waals surface area contributed by atoms with Crippen LogP contribution in [0.1, 0.15) is 30.5 Å². The Balaban J connectivity index is 1.81. The Morgan fingerprint density at radius 2 is 1.67 bits per heavy atom. The van der Waals surface area contributed by atoms with Gasteiger partial charge in [-0.3, -0.25) is 4.79 Å². The van der Waals surface area contributed by atoms with Crippen LogP contribution in [0.3, 0.4) is 0 Å². The molecule has 0 bridgehead atoms. The zero-order valence-electron chi connectivity index (χ0n) is 14.0. The van der Waals surface area contributed by atoms with Gasteiger partial charge < -0.3 is 16.0 Å². The van der Waals surface area contributed by atoms with Crippen molar-refractivity contribution >= 4 is 17.6 Å². The number of hydrogen-bond donors (Lipinski definition) is 3. The van der Waals surface area contributed by atoms with Gasteiger partial charge >= 0.3 is 6.03 Å². The number of carbonyl (C=O) groups excluding carboxylic acids is 2. The van der Waals surface area contributed by atoms with Crippen LogP contribution in [-0.2, 0) is 4.79 Å². The van der Waals surface area contributed by atoms with Crippen molar-refractivity contribution < 1.29 is 9.59 Å². The Morgan fingerprint density at radius 1 is 1.00 bits per heavy atom. The summed E-state index contributed by atoms with van der Waals surface area (Å²) in [4.78, 5) is 23.8. The lowest BCUT2D eigenvalue weighted by molar-refractivity contribution is -0.120. The molecular formula is C19H23N3O2. The highest BCUT2D eigenvalue weighted by molar-refractivity contribution is 5.92. The molecule has 2 aromatic carbocycles. The van der Waals surface area contributed by atoms with E-state index in [0.717, 1.165) is 12.0 Å². The highest BCUT2D eigenvalue weighted by atomic mass is 16.2. The smallest absolute Gasteiger partial charge is 0.319 e. The molecule has 0 saturated heterocycles. The Bertz CT molecular complexity index is 669. The monoisotopic (exact) mass is 325 g/mol. The van der Waals surface area contributed by atoms with E-state index in [1.807, 2.05) is 56.3 Å². The van der Waals surface area contributed by atoms with Crippen LogP contribution in [0.4, 0.5) is 10.5 Å². The summed E-state index contributed by atoms with van der Waals surface area (Å²) in [5.74, 6) is -0.217. The average Bonchev–Trinajstić information content (AvgIpc) is 2.59. The van der Waals surface area contributed by atoms with Gasteiger partial charge in [0.1, 0.15) is 0 Å². The van der Waals surface area contributed by atoms with Crippen LogP contribution in [0.5, 0.6) is 0 Å². The summed E-state index contributed by atoms with van der Waals surface area (Å²) in [7, 11) is 0. The van der Waals surface area contributed by atoms with Crippen molar-refractivity contribution in [2.24, 2.45) is 0 Å². The predicted molar refractivity (Wildman–Crippen MR) is 95.8 cm³/mol. The van der Waals surface area contributed by atoms with Crippen LogP contribution in [0.25, 0.3) is 0 Å². The largest absolute Gasteiger partial charge is 0.348 e. The van der Waals surface area contributed by atoms with Gasteiger partial charge in [-0.2, -0.15) is 0 Å². The summed E-state index contributed by atoms with van der Waals surface area (Å²) >= 11 is 0. The van der Waals surface area contributed by atoms with Gasteiger partial charge in [0.05, 0.1) is 12.6 Å². The van der Waals surface area contributed by atoms with Crippen molar-refractivity contribution in [3.05, 3.63) is 65.7 Å². The summed E-state index contributed by atoms with van der Waals surface area (Å²) in [6.45, 7) is 3.97. The van der Waals surface area contributed by atoms with Crippen molar-refractivity contribution in [1.29, 1.82) is 0 Å². The molecule has 5 nitrogen and oxygen atoms in total. The second-order valence-electron chi connectivity index (χ2n) is 5.61. The average molecular weight is 325 g/mol. The Hall–Kier alpha value is -2.82. The Kier molecular flexibility index (Phi) is 6.37. The minimum atomic E-state index is -0.403. The second kappa shape index (κ2) is 8.72. The number of urea groups is 1. The lowest BCUT2D eigenvalue weighted by Gasteiger charge is -2.18. The fourth-order valence-electron chi connectivity index (χ4n) is 2.32. The van der Waals surface area contributed by atoms with Crippen LogP contribution in [0, 0.1) is 6.92 Å². The van der Waals surface area contributed by atoms with E-state index in [1.54, 1.807) is 12.1 Å². The number of nitrogens with one attached hydrogen (secondary N) is 3. The molecule has 3 N–H and O–H groups in total. The van der Waals surface area contributed by atoms with Gasteiger partial charge in [0.2, 0.25) is 5.91 Å². The predicted octanol–water partition coefficient (Wildman–Crippen LogP) is 3.38. The maximum atomic E-state index is 12.1. The van der Waals surface area contributed by atoms with Crippen molar-refractivity contribution in [2.75, 3.05) is 11.9 Å². The van der Waals surface area contributed by atoms with E-state index in [9.17, 15) is 9.59 Å². The normalized spacial score (nSPS) is 11.4. The summed E-state index contributed by atoms with van der Waals surface area (Å²) in [5.41, 5.74) is 2.92. The molecule has 0 radical (unpaired) electrons. The van der Waals surface area contributed by atoms with Crippen LogP contribution >= 0.6 is 0 Å². The van der Waals surface area contributed by atoms with Gasteiger partial charge in [-0.05, 0) is 31.0 Å². The van der Waals surface area contributed by atoms with Gasteiger partial charge in [0.15, 0.2) is 0 Å².